The molecule has 4 nitrogen and oxygen atoms in total. The van der Waals surface area contributed by atoms with Crippen molar-refractivity contribution in [2.45, 2.75) is 0 Å². The van der Waals surface area contributed by atoms with E-state index >= 15 is 0 Å². The minimum atomic E-state index is -0.291. The van der Waals surface area contributed by atoms with Gasteiger partial charge in [0, 0.05) is 16.9 Å². The van der Waals surface area contributed by atoms with Crippen LogP contribution in [0, 0.1) is 0 Å². The lowest BCUT2D eigenvalue weighted by molar-refractivity contribution is 0.0967. The Labute approximate surface area is 128 Å². The van der Waals surface area contributed by atoms with E-state index < -0.39 is 0 Å². The van der Waals surface area contributed by atoms with Crippen molar-refractivity contribution in [1.82, 2.24) is 5.32 Å². The fourth-order valence-electron chi connectivity index (χ4n) is 1.76. The number of benzene rings is 2. The van der Waals surface area contributed by atoms with Crippen LogP contribution in [0.2, 0.25) is 5.02 Å². The summed E-state index contributed by atoms with van der Waals surface area (Å²) in [6.07, 6.45) is 3.34. The van der Waals surface area contributed by atoms with Gasteiger partial charge in [-0.25, -0.2) is 0 Å². The largest absolute Gasteiger partial charge is 0.496 e. The molecule has 108 valence electrons. The fourth-order valence-corrected chi connectivity index (χ4v) is 1.93. The summed E-state index contributed by atoms with van der Waals surface area (Å²) < 4.78 is 5.14. The van der Waals surface area contributed by atoms with Crippen molar-refractivity contribution in [3.05, 3.63) is 64.8 Å². The van der Waals surface area contributed by atoms with E-state index in [-0.39, 0.29) is 5.91 Å². The number of nitrogen functional groups attached to an aromatic ring is 1. The van der Waals surface area contributed by atoms with E-state index in [1.807, 2.05) is 12.1 Å². The Morgan fingerprint density at radius 3 is 2.62 bits per heavy atom. The van der Waals surface area contributed by atoms with Crippen molar-refractivity contribution in [2.24, 2.45) is 0 Å². The van der Waals surface area contributed by atoms with E-state index in [9.17, 15) is 4.79 Å². The third-order valence-electron chi connectivity index (χ3n) is 2.83. The highest BCUT2D eigenvalue weighted by molar-refractivity contribution is 6.31. The summed E-state index contributed by atoms with van der Waals surface area (Å²) in [7, 11) is 1.50. The number of hydrogen-bond acceptors (Lipinski definition) is 3. The Morgan fingerprint density at radius 2 is 1.95 bits per heavy atom. The predicted octanol–water partition coefficient (Wildman–Crippen LogP) is 3.33. The Bertz CT molecular complexity index is 666. The Kier molecular flexibility index (Phi) is 4.85. The average Bonchev–Trinajstić information content (AvgIpc) is 2.49. The quantitative estimate of drug-likeness (QED) is 0.851. The van der Waals surface area contributed by atoms with Gasteiger partial charge in [0.25, 0.3) is 5.91 Å². The van der Waals surface area contributed by atoms with Gasteiger partial charge >= 0.3 is 0 Å². The number of ether oxygens (including phenoxy) is 1. The number of methoxy groups -OCH3 is 1. The molecule has 0 atom stereocenters. The SMILES string of the molecule is COc1ccc(Cl)cc1C(=O)N/C=C/c1ccc(N)cc1. The number of nitrogens with two attached hydrogens (primary N) is 1. The molecule has 0 bridgehead atoms. The number of halogens is 1. The van der Waals surface area contributed by atoms with Crippen LogP contribution in [0.5, 0.6) is 5.75 Å². The van der Waals surface area contributed by atoms with Crippen molar-refractivity contribution in [3.8, 4) is 5.75 Å². The summed E-state index contributed by atoms with van der Waals surface area (Å²) in [6, 6.07) is 12.2. The van der Waals surface area contributed by atoms with Crippen LogP contribution < -0.4 is 15.8 Å². The molecule has 2 aromatic rings. The first-order valence-electron chi connectivity index (χ1n) is 6.26. The van der Waals surface area contributed by atoms with Gasteiger partial charge in [0.1, 0.15) is 5.75 Å². The number of carbonyl (C=O) groups excluding carboxylic acids is 1. The number of hydrogen-bond donors (Lipinski definition) is 2. The number of anilines is 1. The highest BCUT2D eigenvalue weighted by Gasteiger charge is 2.11. The van der Waals surface area contributed by atoms with Crippen LogP contribution in [0.15, 0.2) is 48.7 Å². The zero-order chi connectivity index (χ0) is 15.2. The van der Waals surface area contributed by atoms with Gasteiger partial charge in [0.2, 0.25) is 0 Å². The molecule has 1 amide bonds. The van der Waals surface area contributed by atoms with Gasteiger partial charge in [-0.1, -0.05) is 23.7 Å². The van der Waals surface area contributed by atoms with E-state index in [0.717, 1.165) is 5.56 Å². The average molecular weight is 303 g/mol. The maximum atomic E-state index is 12.1. The molecule has 0 fully saturated rings. The molecule has 3 N–H and O–H groups in total. The van der Waals surface area contributed by atoms with Gasteiger partial charge in [-0.3, -0.25) is 4.79 Å². The molecule has 0 unspecified atom stereocenters. The lowest BCUT2D eigenvalue weighted by Crippen LogP contribution is -2.17. The molecule has 0 spiro atoms. The predicted molar refractivity (Wildman–Crippen MR) is 85.4 cm³/mol. The summed E-state index contributed by atoms with van der Waals surface area (Å²) in [6.45, 7) is 0. The highest BCUT2D eigenvalue weighted by Crippen LogP contribution is 2.22. The second-order valence-electron chi connectivity index (χ2n) is 4.32. The zero-order valence-electron chi connectivity index (χ0n) is 11.5. The Balaban J connectivity index is 2.08. The second kappa shape index (κ2) is 6.81. The van der Waals surface area contributed by atoms with E-state index in [1.165, 1.54) is 7.11 Å². The van der Waals surface area contributed by atoms with Gasteiger partial charge in [-0.05, 0) is 42.0 Å². The van der Waals surface area contributed by atoms with Gasteiger partial charge in [-0.15, -0.1) is 0 Å². The maximum absolute atomic E-state index is 12.1. The van der Waals surface area contributed by atoms with Crippen molar-refractivity contribution in [2.75, 3.05) is 12.8 Å². The summed E-state index contributed by atoms with van der Waals surface area (Å²) in [5.74, 6) is 0.179. The van der Waals surface area contributed by atoms with Crippen LogP contribution in [0.25, 0.3) is 6.08 Å². The van der Waals surface area contributed by atoms with Crippen molar-refractivity contribution >= 4 is 29.3 Å². The molecule has 2 aromatic carbocycles. The minimum absolute atomic E-state index is 0.291. The summed E-state index contributed by atoms with van der Waals surface area (Å²) in [5, 5.41) is 3.15. The van der Waals surface area contributed by atoms with Gasteiger partial charge in [0.15, 0.2) is 0 Å². The van der Waals surface area contributed by atoms with Crippen LogP contribution in [0.1, 0.15) is 15.9 Å². The third-order valence-corrected chi connectivity index (χ3v) is 3.07. The van der Waals surface area contributed by atoms with Gasteiger partial charge in [0.05, 0.1) is 12.7 Å². The topological polar surface area (TPSA) is 64.3 Å². The van der Waals surface area contributed by atoms with Crippen molar-refractivity contribution < 1.29 is 9.53 Å². The summed E-state index contributed by atoms with van der Waals surface area (Å²) in [5.41, 5.74) is 7.61. The Hall–Kier alpha value is -2.46. The molecular weight excluding hydrogens is 288 g/mol. The van der Waals surface area contributed by atoms with E-state index in [4.69, 9.17) is 22.1 Å². The standard InChI is InChI=1S/C16H15ClN2O2/c1-21-15-7-4-12(17)10-14(15)16(20)19-9-8-11-2-5-13(18)6-3-11/h2-10H,18H2,1H3,(H,19,20)/b9-8+. The monoisotopic (exact) mass is 302 g/mol. The number of nitrogens with one attached hydrogen (secondary N) is 1. The second-order valence-corrected chi connectivity index (χ2v) is 4.75. The maximum Gasteiger partial charge on any atom is 0.259 e. The first-order chi connectivity index (χ1) is 10.1. The van der Waals surface area contributed by atoms with Crippen molar-refractivity contribution in [1.29, 1.82) is 0 Å². The highest BCUT2D eigenvalue weighted by atomic mass is 35.5. The van der Waals surface area contributed by atoms with Crippen LogP contribution in [0.3, 0.4) is 0 Å². The number of amides is 1. The van der Waals surface area contributed by atoms with Gasteiger partial charge < -0.3 is 15.8 Å². The molecule has 0 radical (unpaired) electrons. The van der Waals surface area contributed by atoms with Crippen LogP contribution in [0.4, 0.5) is 5.69 Å². The van der Waals surface area contributed by atoms with E-state index in [0.29, 0.717) is 22.0 Å². The molecule has 0 aliphatic heterocycles. The van der Waals surface area contributed by atoms with Crippen LogP contribution >= 0.6 is 11.6 Å². The van der Waals surface area contributed by atoms with E-state index in [1.54, 1.807) is 42.6 Å². The Morgan fingerprint density at radius 1 is 1.24 bits per heavy atom. The fraction of sp³-hybridized carbons (Fsp3) is 0.0625. The molecule has 0 saturated carbocycles. The van der Waals surface area contributed by atoms with Crippen LogP contribution in [-0.4, -0.2) is 13.0 Å². The number of carbonyl (C=O) groups is 1. The third kappa shape index (κ3) is 4.00. The lowest BCUT2D eigenvalue weighted by atomic mass is 10.2. The molecule has 0 saturated heterocycles. The molecule has 5 heteroatoms. The molecule has 0 aliphatic rings. The van der Waals surface area contributed by atoms with Gasteiger partial charge in [-0.2, -0.15) is 0 Å². The molecule has 0 aliphatic carbocycles. The van der Waals surface area contributed by atoms with Crippen molar-refractivity contribution in [3.63, 3.8) is 0 Å². The molecular formula is C16H15ClN2O2. The zero-order valence-corrected chi connectivity index (χ0v) is 12.2. The molecule has 0 aromatic heterocycles. The molecule has 2 rings (SSSR count). The molecule has 0 heterocycles. The first-order valence-corrected chi connectivity index (χ1v) is 6.64. The normalized spacial score (nSPS) is 10.6. The molecule has 21 heavy (non-hydrogen) atoms. The smallest absolute Gasteiger partial charge is 0.259 e. The number of rotatable bonds is 4. The lowest BCUT2D eigenvalue weighted by Gasteiger charge is -2.07. The minimum Gasteiger partial charge on any atom is -0.496 e. The van der Waals surface area contributed by atoms with Crippen LogP contribution in [-0.2, 0) is 0 Å². The summed E-state index contributed by atoms with van der Waals surface area (Å²) >= 11 is 5.90. The van der Waals surface area contributed by atoms with E-state index in [2.05, 4.69) is 5.32 Å². The summed E-state index contributed by atoms with van der Waals surface area (Å²) in [4.78, 5) is 12.1. The first kappa shape index (κ1) is 14.9.